The molecule has 106 valence electrons. The van der Waals surface area contributed by atoms with E-state index in [4.69, 9.17) is 4.74 Å². The zero-order chi connectivity index (χ0) is 14.8. The topological polar surface area (TPSA) is 64.4 Å². The molecule has 5 heteroatoms. The van der Waals surface area contributed by atoms with E-state index in [1.54, 1.807) is 7.05 Å². The zero-order valence-corrected chi connectivity index (χ0v) is 11.4. The molecule has 3 rings (SSSR count). The second kappa shape index (κ2) is 5.28. The summed E-state index contributed by atoms with van der Waals surface area (Å²) in [7, 11) is 1.62. The number of benzene rings is 2. The Labute approximate surface area is 122 Å². The average molecular weight is 282 g/mol. The quantitative estimate of drug-likeness (QED) is 0.694. The minimum Gasteiger partial charge on any atom is -0.435 e. The fourth-order valence-corrected chi connectivity index (χ4v) is 2.60. The van der Waals surface area contributed by atoms with Gasteiger partial charge in [-0.05, 0) is 11.6 Å². The molecule has 1 aliphatic rings. The van der Waals surface area contributed by atoms with Crippen molar-refractivity contribution in [1.29, 1.82) is 0 Å². The van der Waals surface area contributed by atoms with Crippen LogP contribution in [0.15, 0.2) is 66.2 Å². The Bertz CT molecular complexity index is 710. The van der Waals surface area contributed by atoms with Gasteiger partial charge in [0.25, 0.3) is 5.88 Å². The second-order valence-electron chi connectivity index (χ2n) is 4.71. The maximum absolute atomic E-state index is 11.5. The summed E-state index contributed by atoms with van der Waals surface area (Å²) >= 11 is 0. The van der Waals surface area contributed by atoms with Gasteiger partial charge in [0.05, 0.1) is 4.92 Å². The SMILES string of the molecule is CNC1=C([N+](=O)[O-])C(c2ccccc2)c2ccccc2O1. The van der Waals surface area contributed by atoms with Crippen LogP contribution in [0.4, 0.5) is 0 Å². The van der Waals surface area contributed by atoms with Gasteiger partial charge in [-0.3, -0.25) is 10.1 Å². The number of allylic oxidation sites excluding steroid dienone is 1. The summed E-state index contributed by atoms with van der Waals surface area (Å²) in [5.41, 5.74) is 1.70. The van der Waals surface area contributed by atoms with Crippen molar-refractivity contribution in [2.75, 3.05) is 7.05 Å². The molecule has 0 fully saturated rings. The van der Waals surface area contributed by atoms with E-state index in [0.29, 0.717) is 5.75 Å². The van der Waals surface area contributed by atoms with E-state index in [1.807, 2.05) is 54.6 Å². The Hall–Kier alpha value is -2.82. The van der Waals surface area contributed by atoms with Crippen LogP contribution in [0, 0.1) is 10.1 Å². The first-order chi connectivity index (χ1) is 10.2. The number of fused-ring (bicyclic) bond motifs is 1. The third kappa shape index (κ3) is 2.23. The molecule has 1 aliphatic heterocycles. The predicted octanol–water partition coefficient (Wildman–Crippen LogP) is 2.88. The first-order valence-electron chi connectivity index (χ1n) is 6.60. The molecule has 21 heavy (non-hydrogen) atoms. The van der Waals surface area contributed by atoms with Crippen molar-refractivity contribution in [2.45, 2.75) is 5.92 Å². The van der Waals surface area contributed by atoms with Crippen molar-refractivity contribution in [2.24, 2.45) is 0 Å². The zero-order valence-electron chi connectivity index (χ0n) is 11.4. The maximum Gasteiger partial charge on any atom is 0.317 e. The molecule has 0 saturated heterocycles. The summed E-state index contributed by atoms with van der Waals surface area (Å²) in [6.45, 7) is 0. The van der Waals surface area contributed by atoms with E-state index in [2.05, 4.69) is 5.32 Å². The van der Waals surface area contributed by atoms with Gasteiger partial charge < -0.3 is 10.1 Å². The molecule has 0 radical (unpaired) electrons. The highest BCUT2D eigenvalue weighted by molar-refractivity contribution is 5.50. The lowest BCUT2D eigenvalue weighted by Crippen LogP contribution is -2.27. The highest BCUT2D eigenvalue weighted by Crippen LogP contribution is 2.42. The van der Waals surface area contributed by atoms with Gasteiger partial charge >= 0.3 is 5.70 Å². The molecule has 5 nitrogen and oxygen atoms in total. The van der Waals surface area contributed by atoms with Crippen molar-refractivity contribution in [3.63, 3.8) is 0 Å². The molecule has 2 aromatic carbocycles. The summed E-state index contributed by atoms with van der Waals surface area (Å²) in [5.74, 6) is 0.377. The van der Waals surface area contributed by atoms with E-state index in [-0.39, 0.29) is 16.5 Å². The third-order valence-corrected chi connectivity index (χ3v) is 3.50. The van der Waals surface area contributed by atoms with Crippen LogP contribution in [0.1, 0.15) is 17.0 Å². The first kappa shape index (κ1) is 13.2. The highest BCUT2D eigenvalue weighted by atomic mass is 16.6. The predicted molar refractivity (Wildman–Crippen MR) is 78.4 cm³/mol. The van der Waals surface area contributed by atoms with E-state index in [9.17, 15) is 10.1 Å². The monoisotopic (exact) mass is 282 g/mol. The van der Waals surface area contributed by atoms with Crippen molar-refractivity contribution in [3.05, 3.63) is 87.4 Å². The van der Waals surface area contributed by atoms with Gasteiger partial charge in [0.15, 0.2) is 0 Å². The van der Waals surface area contributed by atoms with Gasteiger partial charge in [-0.1, -0.05) is 48.5 Å². The minimum atomic E-state index is -0.450. The lowest BCUT2D eigenvalue weighted by Gasteiger charge is -2.25. The maximum atomic E-state index is 11.5. The van der Waals surface area contributed by atoms with E-state index in [0.717, 1.165) is 11.1 Å². The van der Waals surface area contributed by atoms with Crippen LogP contribution >= 0.6 is 0 Å². The number of nitro groups is 1. The smallest absolute Gasteiger partial charge is 0.317 e. The normalized spacial score (nSPS) is 16.9. The number of hydrogen-bond donors (Lipinski definition) is 1. The van der Waals surface area contributed by atoms with E-state index in [1.165, 1.54) is 0 Å². The number of para-hydroxylation sites is 1. The molecule has 1 unspecified atom stereocenters. The fraction of sp³-hybridized carbons (Fsp3) is 0.125. The van der Waals surface area contributed by atoms with Gasteiger partial charge in [0.2, 0.25) is 0 Å². The number of hydrogen-bond acceptors (Lipinski definition) is 4. The van der Waals surface area contributed by atoms with E-state index < -0.39 is 5.92 Å². The summed E-state index contributed by atoms with van der Waals surface area (Å²) < 4.78 is 5.63. The molecule has 0 aromatic heterocycles. The molecule has 0 saturated carbocycles. The lowest BCUT2D eigenvalue weighted by molar-refractivity contribution is -0.432. The molecule has 1 N–H and O–H groups in total. The number of nitrogens with zero attached hydrogens (tertiary/aromatic N) is 1. The van der Waals surface area contributed by atoms with Gasteiger partial charge in [0, 0.05) is 12.6 Å². The van der Waals surface area contributed by atoms with Gasteiger partial charge in [0.1, 0.15) is 11.7 Å². The number of nitrogens with one attached hydrogen (secondary N) is 1. The van der Waals surface area contributed by atoms with Gasteiger partial charge in [-0.25, -0.2) is 0 Å². The first-order valence-corrected chi connectivity index (χ1v) is 6.60. The molecule has 0 bridgehead atoms. The average Bonchev–Trinajstić information content (AvgIpc) is 2.53. The molecule has 1 atom stereocenters. The Morgan fingerprint density at radius 1 is 1.10 bits per heavy atom. The Morgan fingerprint density at radius 2 is 1.76 bits per heavy atom. The Morgan fingerprint density at radius 3 is 2.43 bits per heavy atom. The number of ether oxygens (including phenoxy) is 1. The van der Waals surface area contributed by atoms with Gasteiger partial charge in [-0.2, -0.15) is 0 Å². The highest BCUT2D eigenvalue weighted by Gasteiger charge is 2.39. The molecule has 0 spiro atoms. The number of rotatable bonds is 3. The van der Waals surface area contributed by atoms with Crippen molar-refractivity contribution >= 4 is 0 Å². The Kier molecular flexibility index (Phi) is 3.31. The second-order valence-corrected chi connectivity index (χ2v) is 4.71. The van der Waals surface area contributed by atoms with Crippen molar-refractivity contribution in [3.8, 4) is 5.75 Å². The molecule has 0 aliphatic carbocycles. The summed E-state index contributed by atoms with van der Waals surface area (Å²) in [4.78, 5) is 11.2. The van der Waals surface area contributed by atoms with Gasteiger partial charge in [-0.15, -0.1) is 0 Å². The van der Waals surface area contributed by atoms with Crippen LogP contribution < -0.4 is 10.1 Å². The van der Waals surface area contributed by atoms with Crippen LogP contribution in [-0.4, -0.2) is 12.0 Å². The van der Waals surface area contributed by atoms with E-state index >= 15 is 0 Å². The molecule has 1 heterocycles. The standard InChI is InChI=1S/C16H14N2O3/c1-17-16-15(18(19)20)14(11-7-3-2-4-8-11)12-9-5-6-10-13(12)21-16/h2-10,14,17H,1H3. The summed E-state index contributed by atoms with van der Waals surface area (Å²) in [5, 5.41) is 14.3. The van der Waals surface area contributed by atoms with Crippen LogP contribution in [0.25, 0.3) is 0 Å². The van der Waals surface area contributed by atoms with Crippen molar-refractivity contribution in [1.82, 2.24) is 5.32 Å². The van der Waals surface area contributed by atoms with Crippen LogP contribution in [-0.2, 0) is 0 Å². The molecule has 2 aromatic rings. The van der Waals surface area contributed by atoms with Crippen LogP contribution in [0.5, 0.6) is 5.75 Å². The third-order valence-electron chi connectivity index (χ3n) is 3.50. The lowest BCUT2D eigenvalue weighted by atomic mass is 9.86. The van der Waals surface area contributed by atoms with Crippen LogP contribution in [0.3, 0.4) is 0 Å². The molecular weight excluding hydrogens is 268 g/mol. The molecule has 0 amide bonds. The molecular formula is C16H14N2O3. The Balaban J connectivity index is 2.25. The largest absolute Gasteiger partial charge is 0.435 e. The van der Waals surface area contributed by atoms with Crippen LogP contribution in [0.2, 0.25) is 0 Å². The summed E-state index contributed by atoms with van der Waals surface area (Å²) in [6.07, 6.45) is 0. The summed E-state index contributed by atoms with van der Waals surface area (Å²) in [6, 6.07) is 16.8. The van der Waals surface area contributed by atoms with Crippen molar-refractivity contribution < 1.29 is 9.66 Å². The fourth-order valence-electron chi connectivity index (χ4n) is 2.60. The minimum absolute atomic E-state index is 0.0300.